The van der Waals surface area contributed by atoms with Crippen molar-refractivity contribution in [3.63, 3.8) is 0 Å². The molecule has 0 aromatic carbocycles. The van der Waals surface area contributed by atoms with Gasteiger partial charge in [-0.3, -0.25) is 4.79 Å². The first-order valence-electron chi connectivity index (χ1n) is 9.07. The van der Waals surface area contributed by atoms with E-state index in [0.29, 0.717) is 36.5 Å². The molecule has 1 fully saturated rings. The van der Waals surface area contributed by atoms with Crippen molar-refractivity contribution in [1.82, 2.24) is 9.88 Å². The van der Waals surface area contributed by atoms with Gasteiger partial charge in [0.2, 0.25) is 0 Å². The highest BCUT2D eigenvalue weighted by Gasteiger charge is 2.26. The van der Waals surface area contributed by atoms with Gasteiger partial charge >= 0.3 is 5.97 Å². The second-order valence-electron chi connectivity index (χ2n) is 6.74. The first-order chi connectivity index (χ1) is 12.9. The molecule has 144 valence electrons. The van der Waals surface area contributed by atoms with Crippen LogP contribution in [0.3, 0.4) is 0 Å². The van der Waals surface area contributed by atoms with Gasteiger partial charge in [-0.1, -0.05) is 0 Å². The number of hydrogen-bond acceptors (Lipinski definition) is 6. The Morgan fingerprint density at radius 3 is 2.56 bits per heavy atom. The quantitative estimate of drug-likeness (QED) is 0.772. The third kappa shape index (κ3) is 3.82. The average Bonchev–Trinajstić information content (AvgIpc) is 2.85. The van der Waals surface area contributed by atoms with Gasteiger partial charge in [0.05, 0.1) is 18.2 Å². The third-order valence-corrected chi connectivity index (χ3v) is 5.05. The van der Waals surface area contributed by atoms with E-state index in [1.807, 2.05) is 25.7 Å². The minimum atomic E-state index is -0.383. The van der Waals surface area contributed by atoms with Crippen molar-refractivity contribution in [3.8, 4) is 0 Å². The third-order valence-electron chi connectivity index (χ3n) is 5.05. The number of hydrogen-bond donors (Lipinski definition) is 0. The minimum Gasteiger partial charge on any atom is -0.466 e. The largest absolute Gasteiger partial charge is 0.466 e. The van der Waals surface area contributed by atoms with Crippen LogP contribution in [0.2, 0.25) is 0 Å². The van der Waals surface area contributed by atoms with Gasteiger partial charge in [-0.15, -0.1) is 0 Å². The Morgan fingerprint density at radius 2 is 1.89 bits per heavy atom. The van der Waals surface area contributed by atoms with E-state index in [1.165, 1.54) is 7.11 Å². The molecule has 2 aromatic heterocycles. The van der Waals surface area contributed by atoms with Crippen molar-refractivity contribution in [1.29, 1.82) is 0 Å². The van der Waals surface area contributed by atoms with Gasteiger partial charge in [0.15, 0.2) is 0 Å². The number of nitrogens with zero attached hydrogens (tertiary/aromatic N) is 3. The molecule has 2 aromatic rings. The number of esters is 1. The summed E-state index contributed by atoms with van der Waals surface area (Å²) in [5.41, 5.74) is 2.05. The smallest absolute Gasteiger partial charge is 0.338 e. The van der Waals surface area contributed by atoms with Crippen LogP contribution in [-0.4, -0.2) is 55.0 Å². The Labute approximate surface area is 158 Å². The fraction of sp³-hybridized carbons (Fsp3) is 0.450. The lowest BCUT2D eigenvalue weighted by atomic mass is 10.1. The normalized spacial score (nSPS) is 14.8. The van der Waals surface area contributed by atoms with E-state index in [9.17, 15) is 9.59 Å². The molecular weight excluding hydrogens is 346 g/mol. The first kappa shape index (κ1) is 18.9. The maximum Gasteiger partial charge on any atom is 0.338 e. The second kappa shape index (κ2) is 7.82. The predicted octanol–water partition coefficient (Wildman–Crippen LogP) is 2.74. The summed E-state index contributed by atoms with van der Waals surface area (Å²) in [6, 6.07) is 3.37. The topological polar surface area (TPSA) is 75.9 Å². The minimum absolute atomic E-state index is 0.0139. The summed E-state index contributed by atoms with van der Waals surface area (Å²) in [7, 11) is 1.36. The second-order valence-corrected chi connectivity index (χ2v) is 6.74. The molecule has 3 heterocycles. The van der Waals surface area contributed by atoms with Crippen molar-refractivity contribution in [3.05, 3.63) is 46.5 Å². The van der Waals surface area contributed by atoms with Crippen LogP contribution >= 0.6 is 0 Å². The van der Waals surface area contributed by atoms with E-state index in [-0.39, 0.29) is 11.9 Å². The number of aromatic nitrogens is 1. The number of furan rings is 1. The van der Waals surface area contributed by atoms with Crippen LogP contribution in [0.15, 0.2) is 22.7 Å². The number of amides is 1. The lowest BCUT2D eigenvalue weighted by Gasteiger charge is -2.23. The van der Waals surface area contributed by atoms with Crippen molar-refractivity contribution < 1.29 is 18.7 Å². The molecule has 0 N–H and O–H groups in total. The van der Waals surface area contributed by atoms with E-state index in [2.05, 4.69) is 9.88 Å². The Kier molecular flexibility index (Phi) is 5.48. The average molecular weight is 371 g/mol. The number of ether oxygens (including phenoxy) is 1. The standard InChI is InChI=1S/C20H25N3O4/c1-13-14(2)27-15(3)18(13)19(24)23-9-5-8-22(10-11-23)17-12-16(6-7-21-17)20(25)26-4/h6-7,12H,5,8-11H2,1-4H3. The van der Waals surface area contributed by atoms with Crippen LogP contribution in [-0.2, 0) is 4.74 Å². The fourth-order valence-corrected chi connectivity index (χ4v) is 3.45. The SMILES string of the molecule is COC(=O)c1ccnc(N2CCCN(C(=O)c3c(C)oc(C)c3C)CC2)c1. The summed E-state index contributed by atoms with van der Waals surface area (Å²) in [5, 5.41) is 0. The van der Waals surface area contributed by atoms with Gasteiger partial charge in [-0.25, -0.2) is 9.78 Å². The Balaban J connectivity index is 1.74. The summed E-state index contributed by atoms with van der Waals surface area (Å²) in [6.07, 6.45) is 2.43. The maximum atomic E-state index is 13.0. The Bertz CT molecular complexity index is 859. The molecule has 0 spiro atoms. The highest BCUT2D eigenvalue weighted by Crippen LogP contribution is 2.23. The molecule has 27 heavy (non-hydrogen) atoms. The van der Waals surface area contributed by atoms with Crippen molar-refractivity contribution in [2.24, 2.45) is 0 Å². The lowest BCUT2D eigenvalue weighted by molar-refractivity contribution is 0.0600. The summed E-state index contributed by atoms with van der Waals surface area (Å²) in [5.74, 6) is 1.81. The molecule has 7 nitrogen and oxygen atoms in total. The monoisotopic (exact) mass is 371 g/mol. The van der Waals surface area contributed by atoms with Gasteiger partial charge in [0.25, 0.3) is 5.91 Å². The van der Waals surface area contributed by atoms with Gasteiger partial charge in [0, 0.05) is 37.9 Å². The molecule has 0 radical (unpaired) electrons. The summed E-state index contributed by atoms with van der Waals surface area (Å²) in [6.45, 7) is 8.32. The molecule has 3 rings (SSSR count). The molecule has 1 aliphatic heterocycles. The van der Waals surface area contributed by atoms with Crippen LogP contribution in [0.4, 0.5) is 5.82 Å². The van der Waals surface area contributed by atoms with Crippen molar-refractivity contribution in [2.75, 3.05) is 38.2 Å². The van der Waals surface area contributed by atoms with Gasteiger partial charge in [0.1, 0.15) is 17.3 Å². The molecule has 1 aliphatic rings. The molecule has 0 bridgehead atoms. The predicted molar refractivity (Wildman–Crippen MR) is 101 cm³/mol. The van der Waals surface area contributed by atoms with E-state index in [1.54, 1.807) is 18.3 Å². The number of pyridine rings is 1. The first-order valence-corrected chi connectivity index (χ1v) is 9.07. The Morgan fingerprint density at radius 1 is 1.11 bits per heavy atom. The molecular formula is C20H25N3O4. The summed E-state index contributed by atoms with van der Waals surface area (Å²) >= 11 is 0. The number of anilines is 1. The van der Waals surface area contributed by atoms with Crippen molar-refractivity contribution in [2.45, 2.75) is 27.2 Å². The highest BCUT2D eigenvalue weighted by atomic mass is 16.5. The van der Waals surface area contributed by atoms with Crippen LogP contribution in [0.25, 0.3) is 0 Å². The van der Waals surface area contributed by atoms with E-state index in [0.717, 1.165) is 30.1 Å². The number of carbonyl (C=O) groups is 2. The molecule has 1 amide bonds. The zero-order valence-corrected chi connectivity index (χ0v) is 16.2. The van der Waals surface area contributed by atoms with Gasteiger partial charge in [-0.05, 0) is 39.3 Å². The highest BCUT2D eigenvalue weighted by molar-refractivity contribution is 5.97. The number of methoxy groups -OCH3 is 1. The van der Waals surface area contributed by atoms with Crippen LogP contribution in [0.1, 0.15) is 44.2 Å². The molecule has 7 heteroatoms. The number of aryl methyl sites for hydroxylation is 2. The molecule has 0 unspecified atom stereocenters. The summed E-state index contributed by atoms with van der Waals surface area (Å²) < 4.78 is 10.4. The molecule has 0 saturated carbocycles. The zero-order chi connectivity index (χ0) is 19.6. The van der Waals surface area contributed by atoms with Crippen LogP contribution < -0.4 is 4.90 Å². The van der Waals surface area contributed by atoms with Crippen LogP contribution in [0, 0.1) is 20.8 Å². The van der Waals surface area contributed by atoms with E-state index in [4.69, 9.17) is 9.15 Å². The van der Waals surface area contributed by atoms with Gasteiger partial charge in [-0.2, -0.15) is 0 Å². The number of carbonyl (C=O) groups excluding carboxylic acids is 2. The fourth-order valence-electron chi connectivity index (χ4n) is 3.45. The Hall–Kier alpha value is -2.83. The summed E-state index contributed by atoms with van der Waals surface area (Å²) in [4.78, 5) is 33.1. The molecule has 0 atom stereocenters. The van der Waals surface area contributed by atoms with Crippen molar-refractivity contribution >= 4 is 17.7 Å². The van der Waals surface area contributed by atoms with Crippen LogP contribution in [0.5, 0.6) is 0 Å². The molecule has 1 saturated heterocycles. The zero-order valence-electron chi connectivity index (χ0n) is 16.2. The maximum absolute atomic E-state index is 13.0. The number of rotatable bonds is 3. The van der Waals surface area contributed by atoms with E-state index >= 15 is 0 Å². The molecule has 0 aliphatic carbocycles. The lowest BCUT2D eigenvalue weighted by Crippen LogP contribution is -2.35. The van der Waals surface area contributed by atoms with Gasteiger partial charge < -0.3 is 19.0 Å². The van der Waals surface area contributed by atoms with E-state index < -0.39 is 0 Å².